The molecule has 1 atom stereocenters. The Morgan fingerprint density at radius 3 is 2.65 bits per heavy atom. The largest absolute Gasteiger partial charge is 0.313 e. The predicted octanol–water partition coefficient (Wildman–Crippen LogP) is 2.52. The van der Waals surface area contributed by atoms with Gasteiger partial charge in [-0.1, -0.05) is 25.5 Å². The summed E-state index contributed by atoms with van der Waals surface area (Å²) < 4.78 is 26.8. The van der Waals surface area contributed by atoms with E-state index in [2.05, 4.69) is 17.0 Å². The molecule has 5 heteroatoms. The van der Waals surface area contributed by atoms with Crippen molar-refractivity contribution in [2.75, 3.05) is 17.0 Å². The van der Waals surface area contributed by atoms with E-state index in [1.165, 1.54) is 18.4 Å². The Morgan fingerprint density at radius 1 is 1.30 bits per heavy atom. The van der Waals surface area contributed by atoms with Crippen molar-refractivity contribution in [2.45, 2.75) is 45.1 Å². The molecule has 0 bridgehead atoms. The van der Waals surface area contributed by atoms with Crippen LogP contribution >= 0.6 is 0 Å². The molecule has 1 unspecified atom stereocenters. The van der Waals surface area contributed by atoms with Crippen molar-refractivity contribution >= 4 is 15.7 Å². The van der Waals surface area contributed by atoms with Gasteiger partial charge in [0.05, 0.1) is 5.75 Å². The van der Waals surface area contributed by atoms with Crippen LogP contribution in [0.15, 0.2) is 24.3 Å². The summed E-state index contributed by atoms with van der Waals surface area (Å²) in [7, 11) is -3.26. The van der Waals surface area contributed by atoms with Gasteiger partial charge in [0.25, 0.3) is 0 Å². The summed E-state index contributed by atoms with van der Waals surface area (Å²) in [5, 5.41) is 3.21. The average Bonchev–Trinajstić information content (AvgIpc) is 2.89. The monoisotopic (exact) mass is 296 g/mol. The summed E-state index contributed by atoms with van der Waals surface area (Å²) in [6, 6.07) is 7.80. The van der Waals surface area contributed by atoms with E-state index in [1.54, 1.807) is 0 Å². The minimum absolute atomic E-state index is 0.0938. The van der Waals surface area contributed by atoms with Crippen molar-refractivity contribution in [1.82, 2.24) is 5.32 Å². The van der Waals surface area contributed by atoms with E-state index in [0.717, 1.165) is 25.8 Å². The van der Waals surface area contributed by atoms with E-state index in [1.807, 2.05) is 24.3 Å². The Balaban J connectivity index is 1.91. The van der Waals surface area contributed by atoms with Gasteiger partial charge in [-0.05, 0) is 49.9 Å². The first-order valence-electron chi connectivity index (χ1n) is 7.42. The van der Waals surface area contributed by atoms with Gasteiger partial charge in [0.2, 0.25) is 10.0 Å². The van der Waals surface area contributed by atoms with Crippen LogP contribution in [-0.2, 0) is 16.4 Å². The van der Waals surface area contributed by atoms with Crippen molar-refractivity contribution in [2.24, 2.45) is 0 Å². The molecule has 0 saturated carbocycles. The van der Waals surface area contributed by atoms with Gasteiger partial charge >= 0.3 is 0 Å². The lowest BCUT2D eigenvalue weighted by Gasteiger charge is -2.13. The molecule has 1 saturated heterocycles. The molecule has 1 aliphatic heterocycles. The molecular weight excluding hydrogens is 272 g/mol. The highest BCUT2D eigenvalue weighted by molar-refractivity contribution is 7.92. The van der Waals surface area contributed by atoms with E-state index >= 15 is 0 Å². The maximum absolute atomic E-state index is 12.1. The molecule has 0 aliphatic carbocycles. The minimum Gasteiger partial charge on any atom is -0.313 e. The summed E-state index contributed by atoms with van der Waals surface area (Å²) in [4.78, 5) is 0. The van der Waals surface area contributed by atoms with Gasteiger partial charge in [-0.3, -0.25) is 4.72 Å². The number of rotatable bonds is 7. The number of hydrogen-bond acceptors (Lipinski definition) is 3. The summed E-state index contributed by atoms with van der Waals surface area (Å²) >= 11 is 0. The Morgan fingerprint density at radius 2 is 2.05 bits per heavy atom. The van der Waals surface area contributed by atoms with Crippen LogP contribution in [0.4, 0.5) is 5.69 Å². The third kappa shape index (κ3) is 4.80. The smallest absolute Gasteiger partial charge is 0.234 e. The van der Waals surface area contributed by atoms with Gasteiger partial charge < -0.3 is 5.32 Å². The number of benzene rings is 1. The number of aryl methyl sites for hydroxylation is 1. The van der Waals surface area contributed by atoms with Crippen LogP contribution in [0.25, 0.3) is 0 Å². The zero-order chi connectivity index (χ0) is 14.4. The van der Waals surface area contributed by atoms with E-state index in [0.29, 0.717) is 5.69 Å². The van der Waals surface area contributed by atoms with Crippen molar-refractivity contribution in [3.8, 4) is 0 Å². The number of unbranched alkanes of at least 4 members (excludes halogenated alkanes) is 1. The molecule has 0 aromatic heterocycles. The van der Waals surface area contributed by atoms with Crippen molar-refractivity contribution in [3.05, 3.63) is 29.8 Å². The van der Waals surface area contributed by atoms with Crippen LogP contribution in [0.5, 0.6) is 0 Å². The Bertz CT molecular complexity index is 505. The molecule has 4 nitrogen and oxygen atoms in total. The molecule has 0 radical (unpaired) electrons. The van der Waals surface area contributed by atoms with Crippen LogP contribution in [0.2, 0.25) is 0 Å². The first-order chi connectivity index (χ1) is 9.59. The molecule has 0 amide bonds. The highest BCUT2D eigenvalue weighted by Gasteiger charge is 2.21. The third-order valence-corrected chi connectivity index (χ3v) is 5.02. The van der Waals surface area contributed by atoms with Crippen molar-refractivity contribution in [3.63, 3.8) is 0 Å². The second kappa shape index (κ2) is 7.09. The van der Waals surface area contributed by atoms with Crippen LogP contribution in [0, 0.1) is 0 Å². The SMILES string of the molecule is CCCCc1ccc(NS(=O)(=O)CC2CCCN2)cc1. The number of nitrogens with one attached hydrogen (secondary N) is 2. The maximum Gasteiger partial charge on any atom is 0.234 e. The van der Waals surface area contributed by atoms with Crippen LogP contribution in [0.1, 0.15) is 38.2 Å². The third-order valence-electron chi connectivity index (χ3n) is 3.63. The fourth-order valence-corrected chi connectivity index (χ4v) is 3.90. The van der Waals surface area contributed by atoms with Gasteiger partial charge in [0.15, 0.2) is 0 Å². The second-order valence-electron chi connectivity index (χ2n) is 5.48. The molecule has 1 fully saturated rings. The Labute approximate surface area is 122 Å². The van der Waals surface area contributed by atoms with E-state index in [9.17, 15) is 8.42 Å². The van der Waals surface area contributed by atoms with E-state index in [-0.39, 0.29) is 11.8 Å². The molecule has 0 spiro atoms. The van der Waals surface area contributed by atoms with Gasteiger partial charge in [0, 0.05) is 11.7 Å². The summed E-state index contributed by atoms with van der Waals surface area (Å²) in [6.45, 7) is 3.09. The lowest BCUT2D eigenvalue weighted by Crippen LogP contribution is -2.32. The molecular formula is C15H24N2O2S. The quantitative estimate of drug-likeness (QED) is 0.813. The number of anilines is 1. The van der Waals surface area contributed by atoms with E-state index < -0.39 is 10.0 Å². The lowest BCUT2D eigenvalue weighted by molar-refractivity contribution is 0.582. The predicted molar refractivity (Wildman–Crippen MR) is 83.5 cm³/mol. The van der Waals surface area contributed by atoms with Gasteiger partial charge in [-0.2, -0.15) is 0 Å². The fourth-order valence-electron chi connectivity index (χ4n) is 2.51. The van der Waals surface area contributed by atoms with Crippen LogP contribution in [-0.4, -0.2) is 26.8 Å². The summed E-state index contributed by atoms with van der Waals surface area (Å²) in [5.41, 5.74) is 1.91. The topological polar surface area (TPSA) is 58.2 Å². The average molecular weight is 296 g/mol. The highest BCUT2D eigenvalue weighted by atomic mass is 32.2. The van der Waals surface area contributed by atoms with Crippen LogP contribution < -0.4 is 10.0 Å². The lowest BCUT2D eigenvalue weighted by atomic mass is 10.1. The first-order valence-corrected chi connectivity index (χ1v) is 9.07. The molecule has 2 rings (SSSR count). The van der Waals surface area contributed by atoms with Gasteiger partial charge in [-0.15, -0.1) is 0 Å². The number of hydrogen-bond donors (Lipinski definition) is 2. The van der Waals surface area contributed by atoms with Gasteiger partial charge in [0.1, 0.15) is 0 Å². The summed E-state index contributed by atoms with van der Waals surface area (Å²) in [5.74, 6) is 0.157. The zero-order valence-corrected chi connectivity index (χ0v) is 12.9. The standard InChI is InChI=1S/C15H24N2O2S/c1-2-3-5-13-7-9-14(10-8-13)17-20(18,19)12-15-6-4-11-16-15/h7-10,15-17H,2-6,11-12H2,1H3. The molecule has 1 aromatic carbocycles. The minimum atomic E-state index is -3.26. The molecule has 20 heavy (non-hydrogen) atoms. The second-order valence-corrected chi connectivity index (χ2v) is 7.24. The molecule has 1 aliphatic rings. The maximum atomic E-state index is 12.1. The molecule has 112 valence electrons. The first kappa shape index (κ1) is 15.3. The Hall–Kier alpha value is -1.07. The van der Waals surface area contributed by atoms with Crippen molar-refractivity contribution < 1.29 is 8.42 Å². The highest BCUT2D eigenvalue weighted by Crippen LogP contribution is 2.15. The molecule has 2 N–H and O–H groups in total. The van der Waals surface area contributed by atoms with Crippen LogP contribution in [0.3, 0.4) is 0 Å². The van der Waals surface area contributed by atoms with E-state index in [4.69, 9.17) is 0 Å². The van der Waals surface area contributed by atoms with Crippen molar-refractivity contribution in [1.29, 1.82) is 0 Å². The molecule has 1 aromatic rings. The normalized spacial score (nSPS) is 19.1. The van der Waals surface area contributed by atoms with Gasteiger partial charge in [-0.25, -0.2) is 8.42 Å². The Kier molecular flexibility index (Phi) is 5.43. The molecule has 1 heterocycles. The number of sulfonamides is 1. The summed E-state index contributed by atoms with van der Waals surface area (Å²) in [6.07, 6.45) is 5.39. The zero-order valence-electron chi connectivity index (χ0n) is 12.1. The fraction of sp³-hybridized carbons (Fsp3) is 0.600.